The van der Waals surface area contributed by atoms with Crippen LogP contribution in [-0.4, -0.2) is 5.78 Å². The van der Waals surface area contributed by atoms with E-state index in [1.807, 2.05) is 50.0 Å². The molecule has 0 amide bonds. The molecule has 0 unspecified atom stereocenters. The lowest BCUT2D eigenvalue weighted by Gasteiger charge is -2.01. The van der Waals surface area contributed by atoms with Gasteiger partial charge in [0.15, 0.2) is 18.2 Å². The van der Waals surface area contributed by atoms with Crippen LogP contribution >= 0.6 is 0 Å². The Morgan fingerprint density at radius 3 is 2.25 bits per heavy atom. The van der Waals surface area contributed by atoms with Gasteiger partial charge in [-0.15, -0.1) is 0 Å². The Labute approximate surface area is 72.8 Å². The first-order valence-electron chi connectivity index (χ1n) is 4.11. The molecule has 1 aromatic heterocycles. The van der Waals surface area contributed by atoms with Gasteiger partial charge < -0.3 is 0 Å². The molecular formula is C10H14NO+. The lowest BCUT2D eigenvalue weighted by molar-refractivity contribution is -0.671. The number of aromatic nitrogens is 1. The molecule has 1 rings (SSSR count). The number of aryl methyl sites for hydroxylation is 1. The SMILES string of the molecule is CC(C)C(=O)c1cc[n+](C)cc1. The van der Waals surface area contributed by atoms with Gasteiger partial charge >= 0.3 is 0 Å². The van der Waals surface area contributed by atoms with E-state index in [-0.39, 0.29) is 11.7 Å². The number of rotatable bonds is 2. The second-order valence-electron chi connectivity index (χ2n) is 3.27. The van der Waals surface area contributed by atoms with E-state index in [0.717, 1.165) is 5.56 Å². The van der Waals surface area contributed by atoms with Crippen molar-refractivity contribution in [1.29, 1.82) is 0 Å². The van der Waals surface area contributed by atoms with E-state index in [2.05, 4.69) is 0 Å². The lowest BCUT2D eigenvalue weighted by atomic mass is 10.0. The minimum absolute atomic E-state index is 0.0812. The van der Waals surface area contributed by atoms with Gasteiger partial charge in [0.25, 0.3) is 0 Å². The minimum Gasteiger partial charge on any atom is -0.294 e. The molecule has 0 aromatic carbocycles. The Morgan fingerprint density at radius 2 is 1.83 bits per heavy atom. The fourth-order valence-corrected chi connectivity index (χ4v) is 0.999. The van der Waals surface area contributed by atoms with Gasteiger partial charge in [0.05, 0.1) is 0 Å². The van der Waals surface area contributed by atoms with Crippen LogP contribution in [0.25, 0.3) is 0 Å². The predicted molar refractivity (Wildman–Crippen MR) is 46.8 cm³/mol. The molecule has 0 atom stereocenters. The third kappa shape index (κ3) is 1.91. The Bertz CT molecular complexity index is 274. The van der Waals surface area contributed by atoms with Crippen molar-refractivity contribution in [2.75, 3.05) is 0 Å². The number of ketones is 1. The Kier molecular flexibility index (Phi) is 2.58. The maximum Gasteiger partial charge on any atom is 0.169 e. The highest BCUT2D eigenvalue weighted by Gasteiger charge is 2.10. The van der Waals surface area contributed by atoms with Crippen LogP contribution in [0, 0.1) is 5.92 Å². The number of hydrogen-bond acceptors (Lipinski definition) is 1. The number of pyridine rings is 1. The van der Waals surface area contributed by atoms with E-state index in [1.54, 1.807) is 0 Å². The Morgan fingerprint density at radius 1 is 1.33 bits per heavy atom. The molecule has 0 aliphatic heterocycles. The van der Waals surface area contributed by atoms with Crippen LogP contribution in [0.2, 0.25) is 0 Å². The number of Topliss-reactive ketones (excluding diaryl/α,β-unsaturated/α-hetero) is 1. The highest BCUT2D eigenvalue weighted by molar-refractivity contribution is 5.97. The van der Waals surface area contributed by atoms with Crippen molar-refractivity contribution in [3.63, 3.8) is 0 Å². The predicted octanol–water partition coefficient (Wildman–Crippen LogP) is 1.35. The molecule has 1 heterocycles. The third-order valence-electron chi connectivity index (χ3n) is 1.79. The van der Waals surface area contributed by atoms with Crippen LogP contribution in [0.5, 0.6) is 0 Å². The minimum atomic E-state index is 0.0812. The summed E-state index contributed by atoms with van der Waals surface area (Å²) in [5.41, 5.74) is 0.795. The average Bonchev–Trinajstić information content (AvgIpc) is 2.04. The topological polar surface area (TPSA) is 20.9 Å². The molecule has 64 valence electrons. The first kappa shape index (κ1) is 8.91. The molecule has 0 saturated heterocycles. The number of nitrogens with zero attached hydrogens (tertiary/aromatic N) is 1. The molecule has 0 aliphatic rings. The van der Waals surface area contributed by atoms with E-state index in [4.69, 9.17) is 0 Å². The van der Waals surface area contributed by atoms with Crippen LogP contribution in [0.3, 0.4) is 0 Å². The summed E-state index contributed by atoms with van der Waals surface area (Å²) in [5, 5.41) is 0. The van der Waals surface area contributed by atoms with Crippen LogP contribution in [0.1, 0.15) is 24.2 Å². The standard InChI is InChI=1S/C10H14NO/c1-8(2)10(12)9-4-6-11(3)7-5-9/h4-8H,1-3H3/q+1. The average molecular weight is 164 g/mol. The van der Waals surface area contributed by atoms with Gasteiger partial charge in [-0.1, -0.05) is 13.8 Å². The Hall–Kier alpha value is -1.18. The molecule has 12 heavy (non-hydrogen) atoms. The molecule has 0 N–H and O–H groups in total. The molecule has 0 bridgehead atoms. The van der Waals surface area contributed by atoms with Crippen LogP contribution in [-0.2, 0) is 7.05 Å². The number of hydrogen-bond donors (Lipinski definition) is 0. The molecule has 0 fully saturated rings. The van der Waals surface area contributed by atoms with E-state index >= 15 is 0 Å². The van der Waals surface area contributed by atoms with Crippen LogP contribution < -0.4 is 4.57 Å². The summed E-state index contributed by atoms with van der Waals surface area (Å²) in [5.74, 6) is 0.285. The summed E-state index contributed by atoms with van der Waals surface area (Å²) >= 11 is 0. The maximum atomic E-state index is 11.4. The van der Waals surface area contributed by atoms with Crippen LogP contribution in [0.15, 0.2) is 24.5 Å². The second kappa shape index (κ2) is 3.48. The summed E-state index contributed by atoms with van der Waals surface area (Å²) < 4.78 is 1.91. The van der Waals surface area contributed by atoms with Gasteiger partial charge in [-0.05, 0) is 0 Å². The molecule has 0 radical (unpaired) electrons. The number of carbonyl (C=O) groups excluding carboxylic acids is 1. The van der Waals surface area contributed by atoms with Crippen molar-refractivity contribution in [3.8, 4) is 0 Å². The molecule has 2 heteroatoms. The van der Waals surface area contributed by atoms with Gasteiger partial charge in [-0.3, -0.25) is 4.79 Å². The monoisotopic (exact) mass is 164 g/mol. The Balaban J connectivity index is 2.90. The quantitative estimate of drug-likeness (QED) is 0.477. The summed E-state index contributed by atoms with van der Waals surface area (Å²) in [6.07, 6.45) is 3.77. The molecule has 0 saturated carbocycles. The number of carbonyl (C=O) groups is 1. The van der Waals surface area contributed by atoms with E-state index in [0.29, 0.717) is 0 Å². The van der Waals surface area contributed by atoms with Crippen molar-refractivity contribution in [1.82, 2.24) is 0 Å². The van der Waals surface area contributed by atoms with Crippen molar-refractivity contribution >= 4 is 5.78 Å². The van der Waals surface area contributed by atoms with Gasteiger partial charge in [0.1, 0.15) is 7.05 Å². The highest BCUT2D eigenvalue weighted by atomic mass is 16.1. The summed E-state index contributed by atoms with van der Waals surface area (Å²) in [7, 11) is 1.93. The molecular weight excluding hydrogens is 150 g/mol. The van der Waals surface area contributed by atoms with Crippen molar-refractivity contribution < 1.29 is 9.36 Å². The van der Waals surface area contributed by atoms with E-state index in [9.17, 15) is 4.79 Å². The highest BCUT2D eigenvalue weighted by Crippen LogP contribution is 2.05. The molecule has 2 nitrogen and oxygen atoms in total. The first-order chi connectivity index (χ1) is 5.61. The zero-order valence-electron chi connectivity index (χ0n) is 7.74. The summed E-state index contributed by atoms with van der Waals surface area (Å²) in [6, 6.07) is 3.70. The molecule has 0 spiro atoms. The van der Waals surface area contributed by atoms with Crippen LogP contribution in [0.4, 0.5) is 0 Å². The fraction of sp³-hybridized carbons (Fsp3) is 0.400. The van der Waals surface area contributed by atoms with Gasteiger partial charge in [0.2, 0.25) is 0 Å². The lowest BCUT2D eigenvalue weighted by Crippen LogP contribution is -2.26. The van der Waals surface area contributed by atoms with Gasteiger partial charge in [0, 0.05) is 23.6 Å². The molecule has 0 aliphatic carbocycles. The maximum absolute atomic E-state index is 11.4. The van der Waals surface area contributed by atoms with Crippen molar-refractivity contribution in [3.05, 3.63) is 30.1 Å². The van der Waals surface area contributed by atoms with Gasteiger partial charge in [-0.2, -0.15) is 0 Å². The van der Waals surface area contributed by atoms with E-state index in [1.165, 1.54) is 0 Å². The largest absolute Gasteiger partial charge is 0.294 e. The fourth-order valence-electron chi connectivity index (χ4n) is 0.999. The van der Waals surface area contributed by atoms with Crippen molar-refractivity contribution in [2.24, 2.45) is 13.0 Å². The first-order valence-corrected chi connectivity index (χ1v) is 4.11. The smallest absolute Gasteiger partial charge is 0.169 e. The molecule has 1 aromatic rings. The summed E-state index contributed by atoms with van der Waals surface area (Å²) in [6.45, 7) is 3.82. The summed E-state index contributed by atoms with van der Waals surface area (Å²) in [4.78, 5) is 11.4. The zero-order chi connectivity index (χ0) is 9.14. The normalized spacial score (nSPS) is 10.3. The third-order valence-corrected chi connectivity index (χ3v) is 1.79. The van der Waals surface area contributed by atoms with E-state index < -0.39 is 0 Å². The second-order valence-corrected chi connectivity index (χ2v) is 3.27. The zero-order valence-corrected chi connectivity index (χ0v) is 7.74. The van der Waals surface area contributed by atoms with Gasteiger partial charge in [-0.25, -0.2) is 4.57 Å². The van der Waals surface area contributed by atoms with Crippen molar-refractivity contribution in [2.45, 2.75) is 13.8 Å².